The summed E-state index contributed by atoms with van der Waals surface area (Å²) in [5.41, 5.74) is 8.79. The van der Waals surface area contributed by atoms with Crippen molar-refractivity contribution in [2.24, 2.45) is 10.7 Å². The fourth-order valence-corrected chi connectivity index (χ4v) is 4.17. The lowest BCUT2D eigenvalue weighted by Crippen LogP contribution is -2.08. The molecule has 1 heterocycles. The highest BCUT2D eigenvalue weighted by Crippen LogP contribution is 2.52. The number of halogens is 2. The first kappa shape index (κ1) is 28.1. The summed E-state index contributed by atoms with van der Waals surface area (Å²) in [7, 11) is 1.82. The number of aliphatic imine (C=N–C) groups is 1. The Kier molecular flexibility index (Phi) is 11.5. The Morgan fingerprint density at radius 3 is 2.46 bits per heavy atom. The fraction of sp³-hybridized carbons (Fsp3) is 0.222. The molecule has 0 aliphatic heterocycles. The Morgan fingerprint density at radius 1 is 1.23 bits per heavy atom. The number of benzene rings is 2. The average molecular weight is 512 g/mol. The van der Waals surface area contributed by atoms with Crippen molar-refractivity contribution < 1.29 is 14.0 Å². The minimum Gasteiger partial charge on any atom is -0.326 e. The van der Waals surface area contributed by atoms with Crippen LogP contribution in [-0.2, 0) is 21.7 Å². The number of carbonyl (C=O) groups excluding carboxylic acids is 2. The van der Waals surface area contributed by atoms with Crippen LogP contribution in [0.25, 0.3) is 10.4 Å². The van der Waals surface area contributed by atoms with Gasteiger partial charge in [-0.3, -0.25) is 14.6 Å². The van der Waals surface area contributed by atoms with Gasteiger partial charge in [0.25, 0.3) is 0 Å². The predicted molar refractivity (Wildman–Crippen MR) is 142 cm³/mol. The lowest BCUT2D eigenvalue weighted by Gasteiger charge is -2.15. The van der Waals surface area contributed by atoms with Crippen molar-refractivity contribution in [1.29, 1.82) is 0 Å². The number of nitrogens with zero attached hydrogens (tertiary/aromatic N) is 1. The van der Waals surface area contributed by atoms with E-state index >= 15 is 0 Å². The van der Waals surface area contributed by atoms with E-state index < -0.39 is 5.54 Å². The summed E-state index contributed by atoms with van der Waals surface area (Å²) in [6, 6.07) is 15.4. The molecular formula is C27H27ClFN3O2S. The molecule has 1 aromatic heterocycles. The normalized spacial score (nSPS) is 13.0. The molecule has 0 saturated heterocycles. The topological polar surface area (TPSA) is 84.5 Å². The number of terminal acetylenes is 1. The van der Waals surface area contributed by atoms with Crippen LogP contribution in [0.3, 0.4) is 0 Å². The summed E-state index contributed by atoms with van der Waals surface area (Å²) >= 11 is 7.81. The second-order valence-electron chi connectivity index (χ2n) is 7.50. The zero-order valence-electron chi connectivity index (χ0n) is 19.3. The van der Waals surface area contributed by atoms with Gasteiger partial charge in [-0.15, -0.1) is 17.8 Å². The lowest BCUT2D eigenvalue weighted by atomic mass is 10.0. The van der Waals surface area contributed by atoms with Gasteiger partial charge < -0.3 is 11.1 Å². The first-order valence-corrected chi connectivity index (χ1v) is 12.1. The Balaban J connectivity index is 0.000000414. The molecule has 0 bridgehead atoms. The van der Waals surface area contributed by atoms with Gasteiger partial charge in [-0.1, -0.05) is 47.9 Å². The molecule has 0 radical (unpaired) electrons. The van der Waals surface area contributed by atoms with Crippen molar-refractivity contribution in [3.05, 3.63) is 81.4 Å². The first-order valence-electron chi connectivity index (χ1n) is 10.8. The van der Waals surface area contributed by atoms with Gasteiger partial charge in [0.1, 0.15) is 5.82 Å². The summed E-state index contributed by atoms with van der Waals surface area (Å²) < 4.78 is 14.8. The maximum absolute atomic E-state index is 14.8. The van der Waals surface area contributed by atoms with Crippen LogP contribution in [-0.4, -0.2) is 32.4 Å². The Hall–Kier alpha value is -3.15. The number of hydrogen-bond acceptors (Lipinski definition) is 6. The van der Waals surface area contributed by atoms with Crippen molar-refractivity contribution in [2.75, 3.05) is 13.6 Å². The van der Waals surface area contributed by atoms with E-state index in [1.807, 2.05) is 61.1 Å². The number of carbonyl (C=O) groups is 2. The largest absolute Gasteiger partial charge is 0.326 e. The fourth-order valence-electron chi connectivity index (χ4n) is 3.24. The number of rotatable bonds is 7. The average Bonchev–Trinajstić information content (AvgIpc) is 3.46. The summed E-state index contributed by atoms with van der Waals surface area (Å²) in [4.78, 5) is 23.4. The number of thiophene rings is 1. The van der Waals surface area contributed by atoms with E-state index in [0.29, 0.717) is 18.7 Å². The van der Waals surface area contributed by atoms with Crippen LogP contribution in [0.2, 0.25) is 5.02 Å². The van der Waals surface area contributed by atoms with Crippen LogP contribution in [0, 0.1) is 18.2 Å². The molecule has 0 atom stereocenters. The van der Waals surface area contributed by atoms with Gasteiger partial charge in [0.15, 0.2) is 12.6 Å². The van der Waals surface area contributed by atoms with E-state index in [1.54, 1.807) is 17.4 Å². The molecule has 5 nitrogen and oxygen atoms in total. The van der Waals surface area contributed by atoms with Crippen LogP contribution >= 0.6 is 22.9 Å². The molecule has 8 heteroatoms. The van der Waals surface area contributed by atoms with Crippen LogP contribution in [0.4, 0.5) is 4.39 Å². The highest BCUT2D eigenvalue weighted by Gasteiger charge is 2.46. The quantitative estimate of drug-likeness (QED) is 0.202. The van der Waals surface area contributed by atoms with E-state index in [-0.39, 0.29) is 23.4 Å². The van der Waals surface area contributed by atoms with Crippen molar-refractivity contribution in [1.82, 2.24) is 5.32 Å². The minimum atomic E-state index is -0.525. The van der Waals surface area contributed by atoms with Crippen LogP contribution < -0.4 is 11.1 Å². The molecule has 2 aromatic carbocycles. The molecule has 3 aromatic rings. The number of hydrogen-bond donors (Lipinski definition) is 2. The zero-order valence-corrected chi connectivity index (χ0v) is 20.9. The predicted octanol–water partition coefficient (Wildman–Crippen LogP) is 5.00. The van der Waals surface area contributed by atoms with Crippen LogP contribution in [0.5, 0.6) is 0 Å². The molecule has 3 N–H and O–H groups in total. The van der Waals surface area contributed by atoms with Crippen LogP contribution in [0.1, 0.15) is 29.5 Å². The molecule has 1 aliphatic rings. The second-order valence-corrected chi connectivity index (χ2v) is 8.85. The highest BCUT2D eigenvalue weighted by atomic mass is 35.5. The van der Waals surface area contributed by atoms with E-state index in [4.69, 9.17) is 38.3 Å². The molecule has 0 spiro atoms. The lowest BCUT2D eigenvalue weighted by molar-refractivity contribution is -0.122. The molecular weight excluding hydrogens is 485 g/mol. The molecule has 0 unspecified atom stereocenters. The molecule has 1 saturated carbocycles. The van der Waals surface area contributed by atoms with E-state index in [2.05, 4.69) is 11.2 Å². The molecule has 0 amide bonds. The summed E-state index contributed by atoms with van der Waals surface area (Å²) in [6.07, 6.45) is 8.67. The van der Waals surface area contributed by atoms with Crippen molar-refractivity contribution in [3.63, 3.8) is 0 Å². The van der Waals surface area contributed by atoms with Gasteiger partial charge in [0.05, 0.1) is 17.1 Å². The van der Waals surface area contributed by atoms with E-state index in [0.717, 1.165) is 34.4 Å². The van der Waals surface area contributed by atoms with Gasteiger partial charge in [-0.05, 0) is 60.2 Å². The second kappa shape index (κ2) is 14.3. The van der Waals surface area contributed by atoms with Gasteiger partial charge >= 0.3 is 0 Å². The third-order valence-electron chi connectivity index (χ3n) is 5.12. The molecule has 35 heavy (non-hydrogen) atoms. The maximum atomic E-state index is 14.8. The standard InChI is InChI=1S/C21H18ClFN2S.C4H7N.C2H2O2/c22-18-11-16(19-6-3-9-26-19)10-17(20(18)23)21(7-8-21)25-13-15-5-2-1-4-14(15)12-24;1-3-4-5-2;3-1-2-4/h1-6,9-11,13H,7-8,12,24H2;1,5H,4H2,2H3;1-2H. The van der Waals surface area contributed by atoms with Gasteiger partial charge in [-0.2, -0.15) is 0 Å². The van der Waals surface area contributed by atoms with Crippen LogP contribution in [0.15, 0.2) is 58.9 Å². The zero-order chi connectivity index (χ0) is 25.7. The number of nitrogens with one attached hydrogen (secondary N) is 1. The van der Waals surface area contributed by atoms with Gasteiger partial charge in [0.2, 0.25) is 0 Å². The number of aldehydes is 2. The van der Waals surface area contributed by atoms with Gasteiger partial charge in [-0.25, -0.2) is 4.39 Å². The van der Waals surface area contributed by atoms with Crippen molar-refractivity contribution >= 4 is 41.7 Å². The van der Waals surface area contributed by atoms with E-state index in [1.165, 1.54) is 0 Å². The molecule has 1 fully saturated rings. The van der Waals surface area contributed by atoms with Gasteiger partial charge in [0, 0.05) is 23.2 Å². The Labute approximate surface area is 214 Å². The molecule has 4 rings (SSSR count). The summed E-state index contributed by atoms with van der Waals surface area (Å²) in [5, 5.41) is 4.93. The minimum absolute atomic E-state index is 0.148. The summed E-state index contributed by atoms with van der Waals surface area (Å²) in [6.45, 7) is 1.11. The first-order chi connectivity index (χ1) is 17.0. The summed E-state index contributed by atoms with van der Waals surface area (Å²) in [5.74, 6) is 2.04. The molecule has 1 aliphatic carbocycles. The van der Waals surface area contributed by atoms with Crippen molar-refractivity contribution in [2.45, 2.75) is 24.9 Å². The monoisotopic (exact) mass is 511 g/mol. The Bertz CT molecular complexity index is 1180. The smallest absolute Gasteiger partial charge is 0.182 e. The number of nitrogens with two attached hydrogens (primary N) is 1. The van der Waals surface area contributed by atoms with Crippen molar-refractivity contribution in [3.8, 4) is 22.8 Å². The Morgan fingerprint density at radius 2 is 1.94 bits per heavy atom. The highest BCUT2D eigenvalue weighted by molar-refractivity contribution is 7.13. The third-order valence-corrected chi connectivity index (χ3v) is 6.31. The maximum Gasteiger partial charge on any atom is 0.182 e. The SMILES string of the molecule is C#CCNC.NCc1ccccc1C=NC1(c2cc(-c3cccs3)cc(Cl)c2F)CC1.O=CC=O. The third kappa shape index (κ3) is 7.94. The molecule has 182 valence electrons. The van der Waals surface area contributed by atoms with E-state index in [9.17, 15) is 4.39 Å².